The molecule has 0 unspecified atom stereocenters. The van der Waals surface area contributed by atoms with Gasteiger partial charge in [-0.25, -0.2) is 10.5 Å². The quantitative estimate of drug-likeness (QED) is 0.376. The van der Waals surface area contributed by atoms with Crippen molar-refractivity contribution in [2.45, 2.75) is 0 Å². The molecule has 7 nitrogen and oxygen atoms in total. The zero-order valence-corrected chi connectivity index (χ0v) is 18.4. The van der Waals surface area contributed by atoms with E-state index in [-0.39, 0.29) is 0 Å². The van der Waals surface area contributed by atoms with E-state index in [0.29, 0.717) is 5.69 Å². The molecular weight excluding hydrogens is 398 g/mol. The Morgan fingerprint density at radius 3 is 2.44 bits per heavy atom. The first-order valence-electron chi connectivity index (χ1n) is 10.9. The summed E-state index contributed by atoms with van der Waals surface area (Å²) in [5.74, 6) is 0. The van der Waals surface area contributed by atoms with Crippen LogP contribution in [-0.4, -0.2) is 55.1 Å². The monoisotopic (exact) mass is 425 g/mol. The van der Waals surface area contributed by atoms with E-state index in [1.807, 2.05) is 37.6 Å². The van der Waals surface area contributed by atoms with Gasteiger partial charge in [0.25, 0.3) is 0 Å². The fourth-order valence-electron chi connectivity index (χ4n) is 4.33. The molecule has 3 N–H and O–H groups in total. The number of aromatic nitrogens is 2. The Bertz CT molecular complexity index is 1250. The number of piperazine rings is 1. The van der Waals surface area contributed by atoms with Crippen LogP contribution in [0.25, 0.3) is 33.3 Å². The largest absolute Gasteiger partial charge is 0.386 e. The predicted molar refractivity (Wildman–Crippen MR) is 131 cm³/mol. The molecule has 2 aromatic carbocycles. The fourth-order valence-corrected chi connectivity index (χ4v) is 4.33. The maximum absolute atomic E-state index is 7.34. The normalized spacial score (nSPS) is 14.6. The molecule has 1 fully saturated rings. The van der Waals surface area contributed by atoms with Gasteiger partial charge >= 0.3 is 0 Å². The minimum atomic E-state index is 0.621. The number of pyridine rings is 1. The second-order valence-electron chi connectivity index (χ2n) is 8.25. The Labute approximate surface area is 187 Å². The van der Waals surface area contributed by atoms with Crippen LogP contribution in [0.4, 0.5) is 17.1 Å². The number of benzene rings is 2. The summed E-state index contributed by atoms with van der Waals surface area (Å²) in [7, 11) is 4.02. The lowest BCUT2D eigenvalue weighted by Crippen LogP contribution is -2.44. The van der Waals surface area contributed by atoms with Gasteiger partial charge < -0.3 is 20.1 Å². The summed E-state index contributed by atoms with van der Waals surface area (Å²) in [6.07, 6.45) is 3.92. The molecule has 0 saturated carbocycles. The summed E-state index contributed by atoms with van der Waals surface area (Å²) in [4.78, 5) is 12.8. The first kappa shape index (κ1) is 20.2. The molecule has 7 heteroatoms. The third-order valence-corrected chi connectivity index (χ3v) is 6.30. The molecule has 1 aliphatic heterocycles. The van der Waals surface area contributed by atoms with E-state index >= 15 is 0 Å². The lowest BCUT2D eigenvalue weighted by Gasteiger charge is -2.34. The number of nitrogens with zero attached hydrogens (tertiary/aromatic N) is 4. The zero-order valence-electron chi connectivity index (χ0n) is 18.4. The van der Waals surface area contributed by atoms with Crippen LogP contribution in [0.5, 0.6) is 0 Å². The van der Waals surface area contributed by atoms with Crippen molar-refractivity contribution in [3.63, 3.8) is 0 Å². The molecule has 162 valence electrons. The molecule has 0 bridgehead atoms. The van der Waals surface area contributed by atoms with E-state index in [0.717, 1.165) is 65.2 Å². The van der Waals surface area contributed by atoms with E-state index in [2.05, 4.69) is 67.6 Å². The molecule has 3 heterocycles. The molecule has 1 saturated heterocycles. The van der Waals surface area contributed by atoms with Crippen molar-refractivity contribution in [2.24, 2.45) is 5.11 Å². The molecule has 0 spiro atoms. The van der Waals surface area contributed by atoms with E-state index in [4.69, 9.17) is 5.53 Å². The lowest BCUT2D eigenvalue weighted by molar-refractivity contribution is 0.313. The number of fused-ring (bicyclic) bond motifs is 1. The molecule has 0 radical (unpaired) electrons. The third-order valence-electron chi connectivity index (χ3n) is 6.30. The third kappa shape index (κ3) is 3.71. The van der Waals surface area contributed by atoms with Crippen molar-refractivity contribution in [3.05, 3.63) is 60.9 Å². The van der Waals surface area contributed by atoms with Crippen LogP contribution in [0.2, 0.25) is 0 Å². The second-order valence-corrected chi connectivity index (χ2v) is 8.25. The Kier molecular flexibility index (Phi) is 5.33. The maximum atomic E-state index is 7.34. The van der Waals surface area contributed by atoms with E-state index in [9.17, 15) is 0 Å². The first-order valence-corrected chi connectivity index (χ1v) is 10.9. The summed E-state index contributed by atoms with van der Waals surface area (Å²) < 4.78 is 0. The number of anilines is 2. The molecule has 0 aliphatic carbocycles. The lowest BCUT2D eigenvalue weighted by atomic mass is 10.0. The van der Waals surface area contributed by atoms with Gasteiger partial charge in [0.1, 0.15) is 11.3 Å². The summed E-state index contributed by atoms with van der Waals surface area (Å²) in [5, 5.41) is 7.78. The zero-order chi connectivity index (χ0) is 22.1. The minimum absolute atomic E-state index is 0.621. The van der Waals surface area contributed by atoms with Crippen molar-refractivity contribution in [1.82, 2.24) is 14.9 Å². The average Bonchev–Trinajstić information content (AvgIpc) is 3.27. The highest BCUT2D eigenvalue weighted by molar-refractivity contribution is 5.96. The SMILES string of the molecule is CNc1cc(-c2c[nH]c3ncc(-c4ccc(N5CCN(C)CC5)cc4)cc23)ccc1N=N. The number of hydrogen-bond acceptors (Lipinski definition) is 6. The smallest absolute Gasteiger partial charge is 0.137 e. The number of hydrogen-bond donors (Lipinski definition) is 3. The van der Waals surface area contributed by atoms with Crippen LogP contribution in [0.3, 0.4) is 0 Å². The van der Waals surface area contributed by atoms with Crippen LogP contribution < -0.4 is 10.2 Å². The van der Waals surface area contributed by atoms with Crippen molar-refractivity contribution in [2.75, 3.05) is 50.5 Å². The molecule has 0 atom stereocenters. The van der Waals surface area contributed by atoms with E-state index < -0.39 is 0 Å². The number of aromatic amines is 1. The Morgan fingerprint density at radius 1 is 0.969 bits per heavy atom. The van der Waals surface area contributed by atoms with Crippen LogP contribution in [0.1, 0.15) is 0 Å². The highest BCUT2D eigenvalue weighted by Gasteiger charge is 2.15. The fraction of sp³-hybridized carbons (Fsp3) is 0.240. The summed E-state index contributed by atoms with van der Waals surface area (Å²) in [6, 6.07) is 16.9. The number of rotatable bonds is 5. The van der Waals surface area contributed by atoms with Gasteiger partial charge in [-0.3, -0.25) is 0 Å². The topological polar surface area (TPSA) is 83.4 Å². The van der Waals surface area contributed by atoms with Crippen LogP contribution in [0, 0.1) is 5.53 Å². The van der Waals surface area contributed by atoms with Gasteiger partial charge in [0.2, 0.25) is 0 Å². The van der Waals surface area contributed by atoms with Crippen LogP contribution >= 0.6 is 0 Å². The van der Waals surface area contributed by atoms with Gasteiger partial charge in [-0.2, -0.15) is 5.11 Å². The van der Waals surface area contributed by atoms with E-state index in [1.165, 1.54) is 5.69 Å². The standard InChI is InChI=1S/C25H27N7/c1-27-24-14-18(5-8-23(24)30-26)22-16-29-25-21(22)13-19(15-28-25)17-3-6-20(7-4-17)32-11-9-31(2)10-12-32/h3-8,13-16,26-27H,9-12H2,1-2H3,(H,28,29). The highest BCUT2D eigenvalue weighted by atomic mass is 15.2. The van der Waals surface area contributed by atoms with E-state index in [1.54, 1.807) is 0 Å². The molecule has 5 rings (SSSR count). The Balaban J connectivity index is 1.47. The second kappa shape index (κ2) is 8.43. The molecular formula is C25H27N7. The van der Waals surface area contributed by atoms with Gasteiger partial charge in [-0.15, -0.1) is 0 Å². The molecule has 0 amide bonds. The first-order chi connectivity index (χ1) is 15.7. The summed E-state index contributed by atoms with van der Waals surface area (Å²) in [6.45, 7) is 4.34. The van der Waals surface area contributed by atoms with Crippen LogP contribution in [-0.2, 0) is 0 Å². The van der Waals surface area contributed by atoms with Crippen molar-refractivity contribution >= 4 is 28.1 Å². The van der Waals surface area contributed by atoms with Gasteiger partial charge in [0, 0.05) is 67.8 Å². The molecule has 2 aromatic heterocycles. The van der Waals surface area contributed by atoms with Crippen molar-refractivity contribution in [3.8, 4) is 22.3 Å². The van der Waals surface area contributed by atoms with Gasteiger partial charge in [-0.1, -0.05) is 18.2 Å². The van der Waals surface area contributed by atoms with Gasteiger partial charge in [0.15, 0.2) is 0 Å². The maximum Gasteiger partial charge on any atom is 0.137 e. The summed E-state index contributed by atoms with van der Waals surface area (Å²) >= 11 is 0. The van der Waals surface area contributed by atoms with Crippen LogP contribution in [0.15, 0.2) is 66.0 Å². The van der Waals surface area contributed by atoms with Crippen molar-refractivity contribution < 1.29 is 0 Å². The number of likely N-dealkylation sites (N-methyl/N-ethyl adjacent to an activating group) is 1. The predicted octanol–water partition coefficient (Wildman–Crippen LogP) is 5.35. The number of nitrogens with one attached hydrogen (secondary N) is 3. The van der Waals surface area contributed by atoms with Gasteiger partial charge in [0.05, 0.1) is 5.69 Å². The Morgan fingerprint density at radius 2 is 1.72 bits per heavy atom. The molecule has 1 aliphatic rings. The molecule has 4 aromatic rings. The van der Waals surface area contributed by atoms with Gasteiger partial charge in [-0.05, 0) is 48.5 Å². The Hall–Kier alpha value is -3.71. The average molecular weight is 426 g/mol. The highest BCUT2D eigenvalue weighted by Crippen LogP contribution is 2.35. The minimum Gasteiger partial charge on any atom is -0.386 e. The van der Waals surface area contributed by atoms with Crippen molar-refractivity contribution in [1.29, 1.82) is 5.53 Å². The number of H-pyrrole nitrogens is 1. The molecule has 32 heavy (non-hydrogen) atoms. The summed E-state index contributed by atoms with van der Waals surface area (Å²) in [5.41, 5.74) is 15.3.